The number of benzene rings is 1. The first-order valence-corrected chi connectivity index (χ1v) is 8.48. The molecule has 150 valence electrons. The van der Waals surface area contributed by atoms with Gasteiger partial charge in [-0.3, -0.25) is 9.80 Å². The van der Waals surface area contributed by atoms with E-state index in [2.05, 4.69) is 0 Å². The standard InChI is InChI=1S/C18H23F3N2O4/c1-17(2,3)27-16(26)23-9-8-22(11-14(23)15(24)25)10-12-4-6-13(7-5-12)18(19,20)21/h4-7,14H,8-11H2,1-3H3,(H,24,25). The van der Waals surface area contributed by atoms with Crippen LogP contribution in [-0.2, 0) is 22.3 Å². The Balaban J connectivity index is 2.04. The first kappa shape index (κ1) is 21.0. The number of carbonyl (C=O) groups excluding carboxylic acids is 1. The molecule has 1 atom stereocenters. The molecular formula is C18H23F3N2O4. The van der Waals surface area contributed by atoms with E-state index in [4.69, 9.17) is 4.74 Å². The Morgan fingerprint density at radius 3 is 2.22 bits per heavy atom. The highest BCUT2D eigenvalue weighted by atomic mass is 19.4. The summed E-state index contributed by atoms with van der Waals surface area (Å²) in [5.41, 5.74) is -0.834. The molecule has 1 heterocycles. The van der Waals surface area contributed by atoms with E-state index in [9.17, 15) is 27.9 Å². The number of hydrogen-bond acceptors (Lipinski definition) is 4. The topological polar surface area (TPSA) is 70.1 Å². The Labute approximate surface area is 155 Å². The summed E-state index contributed by atoms with van der Waals surface area (Å²) in [4.78, 5) is 26.8. The van der Waals surface area contributed by atoms with Gasteiger partial charge in [-0.2, -0.15) is 13.2 Å². The maximum Gasteiger partial charge on any atom is 0.416 e. The van der Waals surface area contributed by atoms with Crippen molar-refractivity contribution in [2.24, 2.45) is 0 Å². The lowest BCUT2D eigenvalue weighted by molar-refractivity contribution is -0.145. The predicted octanol–water partition coefficient (Wildman–Crippen LogP) is 3.21. The molecule has 9 heteroatoms. The van der Waals surface area contributed by atoms with Crippen molar-refractivity contribution in [2.45, 2.75) is 45.1 Å². The first-order chi connectivity index (χ1) is 12.4. The molecule has 0 aliphatic carbocycles. The van der Waals surface area contributed by atoms with Crippen LogP contribution in [0.2, 0.25) is 0 Å². The molecule has 27 heavy (non-hydrogen) atoms. The summed E-state index contributed by atoms with van der Waals surface area (Å²) < 4.78 is 43.1. The van der Waals surface area contributed by atoms with Gasteiger partial charge < -0.3 is 9.84 Å². The molecule has 1 aromatic rings. The quantitative estimate of drug-likeness (QED) is 0.861. The Bertz CT molecular complexity index is 683. The molecule has 1 aliphatic heterocycles. The molecule has 0 aromatic heterocycles. The number of carbonyl (C=O) groups is 2. The van der Waals surface area contributed by atoms with Crippen molar-refractivity contribution >= 4 is 12.1 Å². The van der Waals surface area contributed by atoms with Crippen LogP contribution in [0, 0.1) is 0 Å². The van der Waals surface area contributed by atoms with Gasteiger partial charge in [-0.25, -0.2) is 9.59 Å². The molecule has 1 saturated heterocycles. The number of alkyl halides is 3. The molecule has 1 aliphatic rings. The highest BCUT2D eigenvalue weighted by molar-refractivity contribution is 5.80. The summed E-state index contributed by atoms with van der Waals surface area (Å²) in [6.45, 7) is 6.00. The lowest BCUT2D eigenvalue weighted by Crippen LogP contribution is -2.58. The molecular weight excluding hydrogens is 365 g/mol. The van der Waals surface area contributed by atoms with Crippen LogP contribution in [0.25, 0.3) is 0 Å². The highest BCUT2D eigenvalue weighted by Gasteiger charge is 2.37. The molecule has 1 fully saturated rings. The number of amides is 1. The van der Waals surface area contributed by atoms with Crippen LogP contribution in [0.3, 0.4) is 0 Å². The summed E-state index contributed by atoms with van der Waals surface area (Å²) in [7, 11) is 0. The lowest BCUT2D eigenvalue weighted by Gasteiger charge is -2.39. The van der Waals surface area contributed by atoms with E-state index in [0.29, 0.717) is 18.7 Å². The van der Waals surface area contributed by atoms with Gasteiger partial charge in [0.1, 0.15) is 11.6 Å². The number of carboxylic acids is 1. The molecule has 6 nitrogen and oxygen atoms in total. The number of nitrogens with zero attached hydrogens (tertiary/aromatic N) is 2. The fourth-order valence-electron chi connectivity index (χ4n) is 2.79. The number of aliphatic carboxylic acids is 1. The van der Waals surface area contributed by atoms with Crippen LogP contribution < -0.4 is 0 Å². The minimum absolute atomic E-state index is 0.0651. The van der Waals surface area contributed by atoms with E-state index in [1.807, 2.05) is 0 Å². The first-order valence-electron chi connectivity index (χ1n) is 8.48. The number of rotatable bonds is 3. The number of ether oxygens (including phenoxy) is 1. The maximum absolute atomic E-state index is 12.6. The van der Waals surface area contributed by atoms with E-state index in [1.165, 1.54) is 17.0 Å². The molecule has 1 unspecified atom stereocenters. The number of piperazine rings is 1. The highest BCUT2D eigenvalue weighted by Crippen LogP contribution is 2.29. The van der Waals surface area contributed by atoms with Gasteiger partial charge in [0.15, 0.2) is 0 Å². The van der Waals surface area contributed by atoms with E-state index < -0.39 is 35.4 Å². The van der Waals surface area contributed by atoms with Crippen LogP contribution >= 0.6 is 0 Å². The van der Waals surface area contributed by atoms with E-state index in [0.717, 1.165) is 12.1 Å². The van der Waals surface area contributed by atoms with Gasteiger partial charge in [-0.1, -0.05) is 12.1 Å². The third-order valence-corrected chi connectivity index (χ3v) is 4.06. The second kappa shape index (κ2) is 7.75. The molecule has 1 amide bonds. The molecule has 1 aromatic carbocycles. The number of hydrogen-bond donors (Lipinski definition) is 1. The van der Waals surface area contributed by atoms with E-state index in [1.54, 1.807) is 25.7 Å². The summed E-state index contributed by atoms with van der Waals surface area (Å²) in [6.07, 6.45) is -5.09. The fourth-order valence-corrected chi connectivity index (χ4v) is 2.79. The Kier molecular flexibility index (Phi) is 6.04. The van der Waals surface area contributed by atoms with Crippen LogP contribution in [0.15, 0.2) is 24.3 Å². The molecule has 0 saturated carbocycles. The zero-order valence-corrected chi connectivity index (χ0v) is 15.4. The smallest absolute Gasteiger partial charge is 0.416 e. The minimum atomic E-state index is -4.40. The summed E-state index contributed by atoms with van der Waals surface area (Å²) in [5.74, 6) is -1.15. The van der Waals surface area contributed by atoms with Crippen molar-refractivity contribution < 1.29 is 32.6 Å². The SMILES string of the molecule is CC(C)(C)OC(=O)N1CCN(Cc2ccc(C(F)(F)F)cc2)CC1C(=O)O. The Morgan fingerprint density at radius 2 is 1.74 bits per heavy atom. The van der Waals surface area contributed by atoms with Gasteiger partial charge in [-0.05, 0) is 38.5 Å². The Morgan fingerprint density at radius 1 is 1.15 bits per heavy atom. The summed E-state index contributed by atoms with van der Waals surface area (Å²) in [5, 5.41) is 9.46. The maximum atomic E-state index is 12.6. The van der Waals surface area contributed by atoms with Crippen molar-refractivity contribution in [3.05, 3.63) is 35.4 Å². The van der Waals surface area contributed by atoms with Gasteiger partial charge >= 0.3 is 18.2 Å². The third kappa shape index (κ3) is 5.85. The minimum Gasteiger partial charge on any atom is -0.480 e. The Hall–Kier alpha value is -2.29. The van der Waals surface area contributed by atoms with Crippen molar-refractivity contribution in [2.75, 3.05) is 19.6 Å². The second-order valence-electron chi connectivity index (χ2n) is 7.46. The molecule has 0 bridgehead atoms. The summed E-state index contributed by atoms with van der Waals surface area (Å²) in [6, 6.07) is 3.67. The third-order valence-electron chi connectivity index (χ3n) is 4.06. The zero-order valence-electron chi connectivity index (χ0n) is 15.4. The van der Waals surface area contributed by atoms with E-state index >= 15 is 0 Å². The van der Waals surface area contributed by atoms with Crippen molar-refractivity contribution in [1.29, 1.82) is 0 Å². The number of carboxylic acid groups (broad SMARTS) is 1. The predicted molar refractivity (Wildman–Crippen MR) is 91.1 cm³/mol. The largest absolute Gasteiger partial charge is 0.480 e. The molecule has 0 spiro atoms. The van der Waals surface area contributed by atoms with Crippen LogP contribution in [0.5, 0.6) is 0 Å². The van der Waals surface area contributed by atoms with Crippen LogP contribution in [-0.4, -0.2) is 58.2 Å². The average molecular weight is 388 g/mol. The molecule has 0 radical (unpaired) electrons. The zero-order chi connectivity index (χ0) is 20.4. The second-order valence-corrected chi connectivity index (χ2v) is 7.46. The van der Waals surface area contributed by atoms with Crippen molar-refractivity contribution in [3.8, 4) is 0 Å². The monoisotopic (exact) mass is 388 g/mol. The van der Waals surface area contributed by atoms with Gasteiger partial charge in [0.2, 0.25) is 0 Å². The lowest BCUT2D eigenvalue weighted by atomic mass is 10.1. The molecule has 2 rings (SSSR count). The fraction of sp³-hybridized carbons (Fsp3) is 0.556. The van der Waals surface area contributed by atoms with Crippen molar-refractivity contribution in [1.82, 2.24) is 9.80 Å². The van der Waals surface area contributed by atoms with E-state index in [-0.39, 0.29) is 13.1 Å². The normalized spacial score (nSPS) is 19.0. The van der Waals surface area contributed by atoms with Crippen molar-refractivity contribution in [3.63, 3.8) is 0 Å². The van der Waals surface area contributed by atoms with Gasteiger partial charge in [-0.15, -0.1) is 0 Å². The average Bonchev–Trinajstić information content (AvgIpc) is 2.52. The van der Waals surface area contributed by atoms with Gasteiger partial charge in [0.05, 0.1) is 5.56 Å². The summed E-state index contributed by atoms with van der Waals surface area (Å²) >= 11 is 0. The van der Waals surface area contributed by atoms with Crippen LogP contribution in [0.1, 0.15) is 31.9 Å². The molecule has 1 N–H and O–H groups in total. The number of halogens is 3. The van der Waals surface area contributed by atoms with Crippen LogP contribution in [0.4, 0.5) is 18.0 Å². The van der Waals surface area contributed by atoms with Gasteiger partial charge in [0, 0.05) is 26.2 Å². The van der Waals surface area contributed by atoms with Gasteiger partial charge in [0.25, 0.3) is 0 Å².